The van der Waals surface area contributed by atoms with Crippen LogP contribution in [0.3, 0.4) is 0 Å². The SMILES string of the molecule is CCSC[C@@]12OC(C)=N[C@@H]1[C@H](OC(C)=O)[C@@H](COC(=O)C(C)(C)C)O2. The minimum absolute atomic E-state index is 0.0129. The van der Waals surface area contributed by atoms with Crippen LogP contribution in [0.1, 0.15) is 41.5 Å². The molecule has 1 fully saturated rings. The zero-order valence-electron chi connectivity index (χ0n) is 15.7. The number of rotatable bonds is 6. The number of carbonyl (C=O) groups is 2. The molecule has 4 atom stereocenters. The van der Waals surface area contributed by atoms with Gasteiger partial charge in [-0.25, -0.2) is 4.99 Å². The van der Waals surface area contributed by atoms with E-state index in [4.69, 9.17) is 18.9 Å². The van der Waals surface area contributed by atoms with Crippen molar-refractivity contribution in [2.45, 2.75) is 65.6 Å². The molecule has 8 heteroatoms. The quantitative estimate of drug-likeness (QED) is 0.660. The normalized spacial score (nSPS) is 31.1. The van der Waals surface area contributed by atoms with Gasteiger partial charge in [-0.15, -0.1) is 0 Å². The van der Waals surface area contributed by atoms with E-state index in [1.54, 1.807) is 39.5 Å². The average Bonchev–Trinajstić information content (AvgIpc) is 2.94. The van der Waals surface area contributed by atoms with E-state index in [0.29, 0.717) is 11.7 Å². The van der Waals surface area contributed by atoms with Gasteiger partial charge in [0.25, 0.3) is 0 Å². The van der Waals surface area contributed by atoms with E-state index >= 15 is 0 Å². The molecule has 0 aliphatic carbocycles. The molecule has 25 heavy (non-hydrogen) atoms. The fourth-order valence-electron chi connectivity index (χ4n) is 2.80. The molecule has 142 valence electrons. The molecule has 0 amide bonds. The zero-order chi connectivity index (χ0) is 18.8. The maximum absolute atomic E-state index is 12.1. The number of thioether (sulfide) groups is 1. The lowest BCUT2D eigenvalue weighted by Gasteiger charge is -2.27. The van der Waals surface area contributed by atoms with Crippen molar-refractivity contribution >= 4 is 29.6 Å². The third-order valence-electron chi connectivity index (χ3n) is 3.92. The van der Waals surface area contributed by atoms with Crippen molar-refractivity contribution in [3.05, 3.63) is 0 Å². The number of hydrogen-bond acceptors (Lipinski definition) is 8. The fraction of sp³-hybridized carbons (Fsp3) is 0.824. The first kappa shape index (κ1) is 20.0. The molecular formula is C17H27NO6S. The van der Waals surface area contributed by atoms with Crippen molar-refractivity contribution in [2.24, 2.45) is 10.4 Å². The summed E-state index contributed by atoms with van der Waals surface area (Å²) in [6.07, 6.45) is -1.27. The van der Waals surface area contributed by atoms with Gasteiger partial charge in [0.1, 0.15) is 12.7 Å². The Kier molecular flexibility index (Phi) is 6.04. The Bertz CT molecular complexity index is 558. The monoisotopic (exact) mass is 373 g/mol. The molecule has 0 saturated carbocycles. The molecule has 7 nitrogen and oxygen atoms in total. The van der Waals surface area contributed by atoms with E-state index in [9.17, 15) is 9.59 Å². The molecule has 0 aromatic carbocycles. The largest absolute Gasteiger partial charge is 0.462 e. The second kappa shape index (κ2) is 7.53. The number of ether oxygens (including phenoxy) is 4. The number of esters is 2. The molecule has 2 aliphatic rings. The second-order valence-corrected chi connectivity index (χ2v) is 8.50. The third-order valence-corrected chi connectivity index (χ3v) is 4.94. The first-order valence-corrected chi connectivity index (χ1v) is 9.58. The molecule has 0 bridgehead atoms. The van der Waals surface area contributed by atoms with Crippen molar-refractivity contribution in [1.82, 2.24) is 0 Å². The lowest BCUT2D eigenvalue weighted by molar-refractivity contribution is -0.183. The number of carbonyl (C=O) groups excluding carboxylic acids is 2. The lowest BCUT2D eigenvalue weighted by atomic mass is 9.97. The third kappa shape index (κ3) is 4.47. The van der Waals surface area contributed by atoms with Crippen LogP contribution in [0, 0.1) is 5.41 Å². The highest BCUT2D eigenvalue weighted by atomic mass is 32.2. The van der Waals surface area contributed by atoms with Gasteiger partial charge in [0.15, 0.2) is 18.0 Å². The first-order chi connectivity index (χ1) is 11.6. The molecule has 1 saturated heterocycles. The highest BCUT2D eigenvalue weighted by Gasteiger charge is 2.62. The van der Waals surface area contributed by atoms with Crippen LogP contribution >= 0.6 is 11.8 Å². The summed E-state index contributed by atoms with van der Waals surface area (Å²) in [7, 11) is 0. The zero-order valence-corrected chi connectivity index (χ0v) is 16.5. The van der Waals surface area contributed by atoms with Gasteiger partial charge in [-0.05, 0) is 26.5 Å². The molecule has 2 heterocycles. The summed E-state index contributed by atoms with van der Waals surface area (Å²) in [5.41, 5.74) is -0.619. The van der Waals surface area contributed by atoms with Crippen molar-refractivity contribution in [3.63, 3.8) is 0 Å². The van der Waals surface area contributed by atoms with Gasteiger partial charge in [-0.3, -0.25) is 9.59 Å². The summed E-state index contributed by atoms with van der Waals surface area (Å²) in [5.74, 6) is 0.193. The van der Waals surface area contributed by atoms with Crippen LogP contribution in [-0.4, -0.2) is 60.0 Å². The van der Waals surface area contributed by atoms with E-state index in [2.05, 4.69) is 4.99 Å². The lowest BCUT2D eigenvalue weighted by Crippen LogP contribution is -2.44. The molecule has 0 N–H and O–H groups in total. The highest BCUT2D eigenvalue weighted by molar-refractivity contribution is 7.99. The number of hydrogen-bond donors (Lipinski definition) is 0. The van der Waals surface area contributed by atoms with E-state index in [1.807, 2.05) is 6.92 Å². The molecule has 0 radical (unpaired) electrons. The van der Waals surface area contributed by atoms with Crippen LogP contribution in [0.15, 0.2) is 4.99 Å². The average molecular weight is 373 g/mol. The van der Waals surface area contributed by atoms with Gasteiger partial charge < -0.3 is 18.9 Å². The van der Waals surface area contributed by atoms with Crippen molar-refractivity contribution in [3.8, 4) is 0 Å². The Morgan fingerprint density at radius 1 is 1.36 bits per heavy atom. The number of fused-ring (bicyclic) bond motifs is 1. The van der Waals surface area contributed by atoms with Gasteiger partial charge in [0.05, 0.1) is 11.2 Å². The van der Waals surface area contributed by atoms with Crippen molar-refractivity contribution < 1.29 is 28.5 Å². The Morgan fingerprint density at radius 3 is 2.60 bits per heavy atom. The van der Waals surface area contributed by atoms with Gasteiger partial charge in [-0.1, -0.05) is 6.92 Å². The Labute approximate surface area is 152 Å². The maximum Gasteiger partial charge on any atom is 0.311 e. The first-order valence-electron chi connectivity index (χ1n) is 8.42. The van der Waals surface area contributed by atoms with Gasteiger partial charge >= 0.3 is 11.9 Å². The van der Waals surface area contributed by atoms with E-state index in [1.165, 1.54) is 6.92 Å². The molecule has 2 aliphatic heterocycles. The minimum Gasteiger partial charge on any atom is -0.462 e. The van der Waals surface area contributed by atoms with Crippen molar-refractivity contribution in [2.75, 3.05) is 18.1 Å². The molecule has 0 spiro atoms. The van der Waals surface area contributed by atoms with Crippen LogP contribution in [0.5, 0.6) is 0 Å². The minimum atomic E-state index is -0.982. The van der Waals surface area contributed by atoms with Gasteiger partial charge in [0, 0.05) is 13.8 Å². The molecule has 2 rings (SSSR count). The molecule has 0 aromatic heterocycles. The predicted molar refractivity (Wildman–Crippen MR) is 94.6 cm³/mol. The van der Waals surface area contributed by atoms with Crippen LogP contribution < -0.4 is 0 Å². The van der Waals surface area contributed by atoms with Gasteiger partial charge in [-0.2, -0.15) is 11.8 Å². The van der Waals surface area contributed by atoms with Crippen molar-refractivity contribution in [1.29, 1.82) is 0 Å². The summed E-state index contributed by atoms with van der Waals surface area (Å²) in [5, 5.41) is 0. The summed E-state index contributed by atoms with van der Waals surface area (Å²) < 4.78 is 22.8. The molecule has 0 unspecified atom stereocenters. The van der Waals surface area contributed by atoms with Crippen LogP contribution in [0.25, 0.3) is 0 Å². The van der Waals surface area contributed by atoms with E-state index in [0.717, 1.165) is 5.75 Å². The summed E-state index contributed by atoms with van der Waals surface area (Å²) in [4.78, 5) is 28.1. The standard InChI is InChI=1S/C17H27NO6S/c1-7-25-9-17-14(18-10(2)23-17)13(22-11(3)19)12(24-17)8-21-15(20)16(4,5)6/h12-14H,7-9H2,1-6H3/t12-,13-,14-,17+/m1/s1. The topological polar surface area (TPSA) is 83.4 Å². The Balaban J connectivity index is 2.17. The molecular weight excluding hydrogens is 346 g/mol. The second-order valence-electron chi connectivity index (χ2n) is 7.22. The Morgan fingerprint density at radius 2 is 2.04 bits per heavy atom. The smallest absolute Gasteiger partial charge is 0.311 e. The maximum atomic E-state index is 12.1. The number of nitrogens with zero attached hydrogens (tertiary/aromatic N) is 1. The highest BCUT2D eigenvalue weighted by Crippen LogP contribution is 2.42. The van der Waals surface area contributed by atoms with Crippen LogP contribution in [0.4, 0.5) is 0 Å². The summed E-state index contributed by atoms with van der Waals surface area (Å²) >= 11 is 1.65. The summed E-state index contributed by atoms with van der Waals surface area (Å²) in [6.45, 7) is 10.4. The number of aliphatic imine (C=N–C) groups is 1. The van der Waals surface area contributed by atoms with E-state index < -0.39 is 35.4 Å². The summed E-state index contributed by atoms with van der Waals surface area (Å²) in [6, 6.07) is -0.464. The van der Waals surface area contributed by atoms with Gasteiger partial charge in [0.2, 0.25) is 5.79 Å². The van der Waals surface area contributed by atoms with Crippen LogP contribution in [-0.2, 0) is 28.5 Å². The Hall–Kier alpha value is -1.28. The predicted octanol–water partition coefficient (Wildman–Crippen LogP) is 2.17. The van der Waals surface area contributed by atoms with Crippen LogP contribution in [0.2, 0.25) is 0 Å². The van der Waals surface area contributed by atoms with E-state index in [-0.39, 0.29) is 12.6 Å². The fourth-order valence-corrected chi connectivity index (χ4v) is 3.59. The molecule has 0 aromatic rings.